The molecule has 0 radical (unpaired) electrons. The topological polar surface area (TPSA) is 52.0 Å². The molecule has 0 saturated carbocycles. The van der Waals surface area contributed by atoms with Crippen molar-refractivity contribution in [3.05, 3.63) is 11.9 Å². The van der Waals surface area contributed by atoms with Gasteiger partial charge in [-0.3, -0.25) is 0 Å². The first-order valence-corrected chi connectivity index (χ1v) is 6.09. The smallest absolute Gasteiger partial charge is 0.0964 e. The van der Waals surface area contributed by atoms with E-state index in [2.05, 4.69) is 22.6 Å². The lowest BCUT2D eigenvalue weighted by Crippen LogP contribution is -2.21. The summed E-state index contributed by atoms with van der Waals surface area (Å²) < 4.78 is 7.39. The Bertz CT molecular complexity index is 307. The number of hydrogen-bond donors (Lipinski definition) is 1. The summed E-state index contributed by atoms with van der Waals surface area (Å²) in [6, 6.07) is 0.376. The van der Waals surface area contributed by atoms with E-state index in [4.69, 9.17) is 4.74 Å². The Morgan fingerprint density at radius 2 is 2.56 bits per heavy atom. The molecule has 1 fully saturated rings. The predicted molar refractivity (Wildman–Crippen MR) is 61.1 cm³/mol. The second kappa shape index (κ2) is 5.96. The fraction of sp³-hybridized carbons (Fsp3) is 0.818. The number of nitrogens with one attached hydrogen (secondary N) is 1. The molecular weight excluding hydrogens is 204 g/mol. The van der Waals surface area contributed by atoms with E-state index in [9.17, 15) is 0 Å². The minimum absolute atomic E-state index is 0.376. The van der Waals surface area contributed by atoms with Crippen molar-refractivity contribution in [1.82, 2.24) is 20.3 Å². The van der Waals surface area contributed by atoms with Gasteiger partial charge >= 0.3 is 0 Å². The first-order valence-electron chi connectivity index (χ1n) is 6.09. The number of aromatic nitrogens is 3. The van der Waals surface area contributed by atoms with Crippen molar-refractivity contribution in [2.75, 3.05) is 19.8 Å². The molecule has 1 aromatic heterocycles. The molecule has 1 saturated heterocycles. The minimum atomic E-state index is 0.376. The summed E-state index contributed by atoms with van der Waals surface area (Å²) in [6.45, 7) is 5.64. The van der Waals surface area contributed by atoms with E-state index in [1.54, 1.807) is 0 Å². The van der Waals surface area contributed by atoms with E-state index in [0.717, 1.165) is 51.3 Å². The van der Waals surface area contributed by atoms with Crippen LogP contribution in [0.15, 0.2) is 6.20 Å². The molecule has 0 spiro atoms. The minimum Gasteiger partial charge on any atom is -0.379 e. The van der Waals surface area contributed by atoms with Crippen LogP contribution in [0.5, 0.6) is 0 Å². The van der Waals surface area contributed by atoms with Gasteiger partial charge in [-0.2, -0.15) is 0 Å². The third-order valence-electron chi connectivity index (χ3n) is 2.80. The van der Waals surface area contributed by atoms with Crippen molar-refractivity contribution >= 4 is 0 Å². The molecule has 90 valence electrons. The van der Waals surface area contributed by atoms with Crippen LogP contribution in [-0.2, 0) is 11.3 Å². The van der Waals surface area contributed by atoms with Gasteiger partial charge in [0.25, 0.3) is 0 Å². The zero-order valence-corrected chi connectivity index (χ0v) is 9.85. The molecule has 1 aromatic rings. The van der Waals surface area contributed by atoms with Crippen LogP contribution in [0.25, 0.3) is 0 Å². The monoisotopic (exact) mass is 224 g/mol. The van der Waals surface area contributed by atoms with Gasteiger partial charge in [0.05, 0.1) is 24.5 Å². The molecule has 1 aliphatic rings. The maximum atomic E-state index is 5.44. The van der Waals surface area contributed by atoms with Crippen LogP contribution in [0.2, 0.25) is 0 Å². The molecule has 0 amide bonds. The van der Waals surface area contributed by atoms with Crippen molar-refractivity contribution in [2.45, 2.75) is 38.8 Å². The highest BCUT2D eigenvalue weighted by atomic mass is 16.5. The van der Waals surface area contributed by atoms with Crippen molar-refractivity contribution in [2.24, 2.45) is 0 Å². The molecule has 1 unspecified atom stereocenters. The maximum absolute atomic E-state index is 5.44. The van der Waals surface area contributed by atoms with Gasteiger partial charge in [-0.15, -0.1) is 5.10 Å². The van der Waals surface area contributed by atoms with Gasteiger partial charge in [-0.25, -0.2) is 4.68 Å². The summed E-state index contributed by atoms with van der Waals surface area (Å²) in [7, 11) is 0. The Balaban J connectivity index is 1.85. The van der Waals surface area contributed by atoms with E-state index >= 15 is 0 Å². The Labute approximate surface area is 96.2 Å². The molecule has 0 aliphatic carbocycles. The van der Waals surface area contributed by atoms with Crippen LogP contribution < -0.4 is 5.32 Å². The van der Waals surface area contributed by atoms with E-state index in [0.29, 0.717) is 6.04 Å². The summed E-state index contributed by atoms with van der Waals surface area (Å²) in [6.07, 6.45) is 5.44. The molecule has 16 heavy (non-hydrogen) atoms. The highest BCUT2D eigenvalue weighted by Gasteiger charge is 2.16. The molecule has 1 aliphatic heterocycles. The van der Waals surface area contributed by atoms with E-state index < -0.39 is 0 Å². The fourth-order valence-corrected chi connectivity index (χ4v) is 1.90. The van der Waals surface area contributed by atoms with Crippen molar-refractivity contribution < 1.29 is 4.74 Å². The van der Waals surface area contributed by atoms with Crippen LogP contribution in [-0.4, -0.2) is 34.8 Å². The third kappa shape index (κ3) is 3.02. The number of ether oxygens (including phenoxy) is 1. The zero-order valence-electron chi connectivity index (χ0n) is 9.85. The van der Waals surface area contributed by atoms with Crippen molar-refractivity contribution in [1.29, 1.82) is 0 Å². The zero-order chi connectivity index (χ0) is 11.2. The largest absolute Gasteiger partial charge is 0.379 e. The van der Waals surface area contributed by atoms with Crippen LogP contribution in [0, 0.1) is 0 Å². The van der Waals surface area contributed by atoms with Crippen LogP contribution in [0.4, 0.5) is 0 Å². The number of nitrogens with zero attached hydrogens (tertiary/aromatic N) is 3. The molecule has 1 N–H and O–H groups in total. The molecule has 2 rings (SSSR count). The molecule has 5 nitrogen and oxygen atoms in total. The SMILES string of the molecule is CCCNCc1cn(C2CCCOC2)nn1. The highest BCUT2D eigenvalue weighted by Crippen LogP contribution is 2.17. The van der Waals surface area contributed by atoms with Gasteiger partial charge in [0.1, 0.15) is 0 Å². The summed E-state index contributed by atoms with van der Waals surface area (Å²) in [5.74, 6) is 0. The summed E-state index contributed by atoms with van der Waals surface area (Å²) in [5, 5.41) is 11.6. The van der Waals surface area contributed by atoms with Gasteiger partial charge in [0, 0.05) is 13.2 Å². The quantitative estimate of drug-likeness (QED) is 0.762. The Morgan fingerprint density at radius 1 is 1.62 bits per heavy atom. The standard InChI is InChI=1S/C11H20N4O/c1-2-5-12-7-10-8-15(14-13-10)11-4-3-6-16-9-11/h8,11-12H,2-7,9H2,1H3. The number of hydrogen-bond acceptors (Lipinski definition) is 4. The third-order valence-corrected chi connectivity index (χ3v) is 2.80. The average molecular weight is 224 g/mol. The lowest BCUT2D eigenvalue weighted by atomic mass is 10.1. The lowest BCUT2D eigenvalue weighted by molar-refractivity contribution is 0.0543. The molecule has 0 aromatic carbocycles. The van der Waals surface area contributed by atoms with Gasteiger partial charge in [-0.05, 0) is 25.8 Å². The second-order valence-electron chi connectivity index (χ2n) is 4.24. The van der Waals surface area contributed by atoms with Gasteiger partial charge < -0.3 is 10.1 Å². The van der Waals surface area contributed by atoms with Gasteiger partial charge in [0.15, 0.2) is 0 Å². The fourth-order valence-electron chi connectivity index (χ4n) is 1.90. The van der Waals surface area contributed by atoms with Crippen molar-refractivity contribution in [3.8, 4) is 0 Å². The molecular formula is C11H20N4O. The van der Waals surface area contributed by atoms with E-state index in [-0.39, 0.29) is 0 Å². The summed E-state index contributed by atoms with van der Waals surface area (Å²) in [4.78, 5) is 0. The van der Waals surface area contributed by atoms with E-state index in [1.807, 2.05) is 10.9 Å². The van der Waals surface area contributed by atoms with Crippen molar-refractivity contribution in [3.63, 3.8) is 0 Å². The Hall–Kier alpha value is -0.940. The molecule has 1 atom stereocenters. The van der Waals surface area contributed by atoms with Gasteiger partial charge in [0.2, 0.25) is 0 Å². The van der Waals surface area contributed by atoms with Crippen LogP contribution in [0.3, 0.4) is 0 Å². The number of rotatable bonds is 5. The van der Waals surface area contributed by atoms with Crippen LogP contribution in [0.1, 0.15) is 37.9 Å². The normalized spacial score (nSPS) is 21.2. The Morgan fingerprint density at radius 3 is 3.31 bits per heavy atom. The van der Waals surface area contributed by atoms with Gasteiger partial charge in [-0.1, -0.05) is 12.1 Å². The first-order chi connectivity index (χ1) is 7.90. The lowest BCUT2D eigenvalue weighted by Gasteiger charge is -2.21. The summed E-state index contributed by atoms with van der Waals surface area (Å²) in [5.41, 5.74) is 1.01. The molecule has 0 bridgehead atoms. The summed E-state index contributed by atoms with van der Waals surface area (Å²) >= 11 is 0. The van der Waals surface area contributed by atoms with E-state index in [1.165, 1.54) is 0 Å². The first kappa shape index (κ1) is 11.5. The molecule has 2 heterocycles. The maximum Gasteiger partial charge on any atom is 0.0964 e. The van der Waals surface area contributed by atoms with Crippen LogP contribution >= 0.6 is 0 Å². The Kier molecular flexibility index (Phi) is 4.30. The predicted octanol–water partition coefficient (Wildman–Crippen LogP) is 1.13. The molecule has 5 heteroatoms. The average Bonchev–Trinajstić information content (AvgIpc) is 2.79. The highest BCUT2D eigenvalue weighted by molar-refractivity contribution is 4.93. The second-order valence-corrected chi connectivity index (χ2v) is 4.24.